The van der Waals surface area contributed by atoms with E-state index in [2.05, 4.69) is 35.9 Å². The number of rotatable bonds is 8. The molecule has 0 unspecified atom stereocenters. The average Bonchev–Trinajstić information content (AvgIpc) is 3.54. The molecule has 11 nitrogen and oxygen atoms in total. The predicted molar refractivity (Wildman–Crippen MR) is 170 cm³/mol. The van der Waals surface area contributed by atoms with Gasteiger partial charge in [-0.25, -0.2) is 23.9 Å². The van der Waals surface area contributed by atoms with Gasteiger partial charge >= 0.3 is 0 Å². The molecular weight excluding hydrogens is 602 g/mol. The molecule has 1 N–H and O–H groups in total. The zero-order valence-electron chi connectivity index (χ0n) is 25.7. The van der Waals surface area contributed by atoms with E-state index in [9.17, 15) is 13.6 Å². The number of piperidine rings is 1. The number of carbonyl (C=O) groups is 1. The van der Waals surface area contributed by atoms with Crippen molar-refractivity contribution in [2.24, 2.45) is 7.05 Å². The fourth-order valence-electron chi connectivity index (χ4n) is 6.42. The SMILES string of the molecule is Cn1nccc1CN1CCC(n2c(C3CC3)nc(-c3ccc(F)cc3)c2-c2ccc3nc(NC(=O)c4ccnc(F)c4)cn3n2)CC1. The maximum Gasteiger partial charge on any atom is 0.257 e. The summed E-state index contributed by atoms with van der Waals surface area (Å²) in [5.41, 5.74) is 5.02. The van der Waals surface area contributed by atoms with Gasteiger partial charge in [0.2, 0.25) is 5.95 Å². The molecule has 0 atom stereocenters. The van der Waals surface area contributed by atoms with Gasteiger partial charge in [0.25, 0.3) is 5.91 Å². The molecule has 47 heavy (non-hydrogen) atoms. The second-order valence-corrected chi connectivity index (χ2v) is 12.2. The number of amides is 1. The monoisotopic (exact) mass is 634 g/mol. The van der Waals surface area contributed by atoms with Gasteiger partial charge in [0, 0.05) is 68.2 Å². The Morgan fingerprint density at radius 3 is 2.49 bits per heavy atom. The van der Waals surface area contributed by atoms with Crippen LogP contribution in [0.4, 0.5) is 14.6 Å². The molecule has 1 amide bonds. The summed E-state index contributed by atoms with van der Waals surface area (Å²) in [6.07, 6.45) is 8.76. The molecule has 1 aromatic carbocycles. The minimum Gasteiger partial charge on any atom is -0.323 e. The minimum atomic E-state index is -0.739. The molecule has 0 radical (unpaired) electrons. The van der Waals surface area contributed by atoms with Gasteiger partial charge in [-0.3, -0.25) is 14.4 Å². The standard InChI is InChI=1S/C34H32F2N10O/c1-43-26(11-15-38-43)19-44-16-12-25(13-17-44)46-32(31(41-33(46)22-2-3-22)21-4-6-24(35)7-5-21)27-8-9-30-39-29(20-45(30)42-27)40-34(47)23-10-14-37-28(36)18-23/h4-11,14-15,18,20,22,25H,2-3,12-13,16-17,19H2,1H3,(H,40,47). The third kappa shape index (κ3) is 5.78. The highest BCUT2D eigenvalue weighted by molar-refractivity contribution is 6.03. The first-order chi connectivity index (χ1) is 22.9. The van der Waals surface area contributed by atoms with Crippen LogP contribution in [0.2, 0.25) is 0 Å². The van der Waals surface area contributed by atoms with Crippen molar-refractivity contribution in [1.82, 2.24) is 43.8 Å². The molecule has 0 bridgehead atoms. The highest BCUT2D eigenvalue weighted by Crippen LogP contribution is 2.46. The number of hydrogen-bond acceptors (Lipinski definition) is 7. The summed E-state index contributed by atoms with van der Waals surface area (Å²) in [6.45, 7) is 2.72. The van der Waals surface area contributed by atoms with Crippen molar-refractivity contribution in [2.45, 2.75) is 44.2 Å². The van der Waals surface area contributed by atoms with Crippen molar-refractivity contribution in [1.29, 1.82) is 0 Å². The highest BCUT2D eigenvalue weighted by atomic mass is 19.1. The van der Waals surface area contributed by atoms with Crippen LogP contribution >= 0.6 is 0 Å². The lowest BCUT2D eigenvalue weighted by Crippen LogP contribution is -2.35. The lowest BCUT2D eigenvalue weighted by atomic mass is 10.0. The Morgan fingerprint density at radius 1 is 0.957 bits per heavy atom. The predicted octanol–water partition coefficient (Wildman–Crippen LogP) is 5.63. The van der Waals surface area contributed by atoms with Crippen molar-refractivity contribution in [2.75, 3.05) is 18.4 Å². The van der Waals surface area contributed by atoms with Crippen LogP contribution in [0, 0.1) is 11.8 Å². The molecule has 1 saturated carbocycles. The molecule has 1 saturated heterocycles. The smallest absolute Gasteiger partial charge is 0.257 e. The van der Waals surface area contributed by atoms with Crippen LogP contribution in [0.3, 0.4) is 0 Å². The Morgan fingerprint density at radius 2 is 1.77 bits per heavy atom. The van der Waals surface area contributed by atoms with Crippen LogP contribution in [0.5, 0.6) is 0 Å². The molecule has 6 aromatic rings. The third-order valence-corrected chi connectivity index (χ3v) is 9.02. The van der Waals surface area contributed by atoms with Crippen molar-refractivity contribution in [3.8, 4) is 22.6 Å². The van der Waals surface area contributed by atoms with E-state index in [0.717, 1.165) is 74.2 Å². The van der Waals surface area contributed by atoms with Gasteiger partial charge in [0.1, 0.15) is 17.3 Å². The second kappa shape index (κ2) is 11.8. The van der Waals surface area contributed by atoms with E-state index < -0.39 is 11.9 Å². The van der Waals surface area contributed by atoms with Crippen LogP contribution < -0.4 is 5.32 Å². The van der Waals surface area contributed by atoms with Crippen LogP contribution in [0.25, 0.3) is 28.3 Å². The van der Waals surface area contributed by atoms with Crippen molar-refractivity contribution < 1.29 is 13.6 Å². The van der Waals surface area contributed by atoms with E-state index in [-0.39, 0.29) is 23.2 Å². The van der Waals surface area contributed by atoms with Crippen LogP contribution in [-0.2, 0) is 13.6 Å². The molecule has 1 aliphatic heterocycles. The molecule has 0 spiro atoms. The number of nitrogens with one attached hydrogen (secondary N) is 1. The molecular formula is C34H32F2N10O. The van der Waals surface area contributed by atoms with Crippen LogP contribution in [0.1, 0.15) is 59.5 Å². The largest absolute Gasteiger partial charge is 0.323 e. The summed E-state index contributed by atoms with van der Waals surface area (Å²) < 4.78 is 33.6. The zero-order valence-corrected chi connectivity index (χ0v) is 25.7. The number of fused-ring (bicyclic) bond motifs is 1. The first-order valence-corrected chi connectivity index (χ1v) is 15.8. The maximum atomic E-state index is 14.0. The fraction of sp³-hybridized carbons (Fsp3) is 0.294. The van der Waals surface area contributed by atoms with Gasteiger partial charge in [-0.15, -0.1) is 0 Å². The van der Waals surface area contributed by atoms with E-state index >= 15 is 0 Å². The molecule has 8 rings (SSSR count). The Labute approximate surface area is 268 Å². The van der Waals surface area contributed by atoms with Gasteiger partial charge in [0.05, 0.1) is 23.3 Å². The molecule has 6 heterocycles. The van der Waals surface area contributed by atoms with Gasteiger partial charge in [-0.1, -0.05) is 0 Å². The Hall–Kier alpha value is -5.30. The van der Waals surface area contributed by atoms with Crippen LogP contribution in [-0.4, -0.2) is 62.8 Å². The van der Waals surface area contributed by atoms with Gasteiger partial charge in [-0.2, -0.15) is 14.6 Å². The van der Waals surface area contributed by atoms with E-state index in [1.807, 2.05) is 30.1 Å². The first kappa shape index (κ1) is 29.1. The Kier molecular flexibility index (Phi) is 7.32. The van der Waals surface area contributed by atoms with Gasteiger partial charge < -0.3 is 9.88 Å². The third-order valence-electron chi connectivity index (χ3n) is 9.02. The summed E-state index contributed by atoms with van der Waals surface area (Å²) in [5.74, 6) is 0.151. The summed E-state index contributed by atoms with van der Waals surface area (Å²) in [4.78, 5) is 28.5. The van der Waals surface area contributed by atoms with Gasteiger partial charge in [-0.05, 0) is 74.2 Å². The quantitative estimate of drug-likeness (QED) is 0.216. The summed E-state index contributed by atoms with van der Waals surface area (Å²) >= 11 is 0. The zero-order chi connectivity index (χ0) is 32.1. The number of aryl methyl sites for hydroxylation is 1. The lowest BCUT2D eigenvalue weighted by molar-refractivity contribution is 0.102. The van der Waals surface area contributed by atoms with Gasteiger partial charge in [0.15, 0.2) is 11.5 Å². The number of anilines is 1. The lowest BCUT2D eigenvalue weighted by Gasteiger charge is -2.34. The molecule has 5 aromatic heterocycles. The van der Waals surface area contributed by atoms with Crippen LogP contribution in [0.15, 0.2) is 73.2 Å². The van der Waals surface area contributed by atoms with E-state index in [1.165, 1.54) is 30.1 Å². The number of hydrogen-bond donors (Lipinski definition) is 1. The Balaban J connectivity index is 1.16. The van der Waals surface area contributed by atoms with E-state index in [4.69, 9.17) is 10.1 Å². The number of halogens is 2. The van der Waals surface area contributed by atoms with E-state index in [1.54, 1.807) is 22.8 Å². The first-order valence-electron chi connectivity index (χ1n) is 15.8. The molecule has 238 valence electrons. The number of aromatic nitrogens is 8. The summed E-state index contributed by atoms with van der Waals surface area (Å²) in [7, 11) is 1.97. The molecule has 2 fully saturated rings. The summed E-state index contributed by atoms with van der Waals surface area (Å²) in [5, 5.41) is 12.0. The second-order valence-electron chi connectivity index (χ2n) is 12.2. The Bertz CT molecular complexity index is 2090. The highest BCUT2D eigenvalue weighted by Gasteiger charge is 2.36. The fourth-order valence-corrected chi connectivity index (χ4v) is 6.42. The molecule has 1 aliphatic carbocycles. The average molecular weight is 635 g/mol. The van der Waals surface area contributed by atoms with Crippen molar-refractivity contribution in [3.63, 3.8) is 0 Å². The van der Waals surface area contributed by atoms with Crippen molar-refractivity contribution >= 4 is 17.4 Å². The number of likely N-dealkylation sites (tertiary alicyclic amines) is 1. The number of carbonyl (C=O) groups excluding carboxylic acids is 1. The number of benzene rings is 1. The molecule has 2 aliphatic rings. The summed E-state index contributed by atoms with van der Waals surface area (Å²) in [6, 6.07) is 15.0. The molecule has 13 heteroatoms. The number of nitrogens with zero attached hydrogens (tertiary/aromatic N) is 9. The van der Waals surface area contributed by atoms with Crippen molar-refractivity contribution in [3.05, 3.63) is 102 Å². The minimum absolute atomic E-state index is 0.134. The number of pyridine rings is 1. The topological polar surface area (TPSA) is 111 Å². The normalized spacial score (nSPS) is 15.8. The van der Waals surface area contributed by atoms with E-state index in [0.29, 0.717) is 17.3 Å². The maximum absolute atomic E-state index is 14.0. The number of imidazole rings is 2.